The fraction of sp³-hybridized carbons (Fsp3) is 0.120. The summed E-state index contributed by atoms with van der Waals surface area (Å²) in [5.74, 6) is 0.600. The highest BCUT2D eigenvalue weighted by atomic mass is 16.2. The lowest BCUT2D eigenvalue weighted by molar-refractivity contribution is 0.101. The Labute approximate surface area is 162 Å². The van der Waals surface area contributed by atoms with Gasteiger partial charge in [-0.1, -0.05) is 60.7 Å². The van der Waals surface area contributed by atoms with Crippen molar-refractivity contribution in [3.8, 4) is 0 Å². The average molecular weight is 362 g/mol. The number of amides is 1. The van der Waals surface area contributed by atoms with E-state index in [2.05, 4.69) is 29.3 Å². The molecule has 1 amide bonds. The average Bonchev–Trinajstić information content (AvgIpc) is 3.52. The minimum atomic E-state index is 0.0388. The number of carbonyl (C=O) groups is 1. The van der Waals surface area contributed by atoms with Crippen LogP contribution >= 0.6 is 0 Å². The maximum absolute atomic E-state index is 13.7. The number of fused-ring (bicyclic) bond motifs is 4. The number of anilines is 1. The van der Waals surface area contributed by atoms with Crippen LogP contribution in [-0.4, -0.2) is 10.9 Å². The molecule has 2 heterocycles. The summed E-state index contributed by atoms with van der Waals surface area (Å²) in [5.41, 5.74) is 4.56. The highest BCUT2D eigenvalue weighted by Crippen LogP contribution is 2.44. The number of carbonyl (C=O) groups excluding carboxylic acids is 1. The predicted octanol–water partition coefficient (Wildman–Crippen LogP) is 5.80. The molecule has 1 aliphatic carbocycles. The molecule has 0 spiro atoms. The van der Waals surface area contributed by atoms with E-state index < -0.39 is 0 Å². The quantitative estimate of drug-likeness (QED) is 0.451. The van der Waals surface area contributed by atoms with E-state index in [0.29, 0.717) is 5.92 Å². The van der Waals surface area contributed by atoms with Crippen LogP contribution in [0.5, 0.6) is 0 Å². The molecule has 0 N–H and O–H groups in total. The number of allylic oxidation sites excluding steroid dienone is 1. The Morgan fingerprint density at radius 2 is 1.71 bits per heavy atom. The van der Waals surface area contributed by atoms with Gasteiger partial charge in [0, 0.05) is 17.1 Å². The molecule has 1 aliphatic heterocycles. The van der Waals surface area contributed by atoms with Gasteiger partial charge in [-0.3, -0.25) is 14.7 Å². The Hall–Kier alpha value is -3.46. The maximum Gasteiger partial charge on any atom is 0.264 e. The second-order valence-corrected chi connectivity index (χ2v) is 7.59. The molecule has 0 unspecified atom stereocenters. The molecule has 134 valence electrons. The molecule has 0 atom stereocenters. The summed E-state index contributed by atoms with van der Waals surface area (Å²) in [7, 11) is 0. The Kier molecular flexibility index (Phi) is 3.21. The van der Waals surface area contributed by atoms with Crippen molar-refractivity contribution in [2.45, 2.75) is 12.8 Å². The zero-order valence-corrected chi connectivity index (χ0v) is 15.3. The molecule has 1 saturated carbocycles. The van der Waals surface area contributed by atoms with Crippen LogP contribution in [0.2, 0.25) is 0 Å². The monoisotopic (exact) mass is 362 g/mol. The van der Waals surface area contributed by atoms with Crippen molar-refractivity contribution in [1.29, 1.82) is 0 Å². The molecule has 0 bridgehead atoms. The van der Waals surface area contributed by atoms with Gasteiger partial charge in [-0.05, 0) is 41.7 Å². The van der Waals surface area contributed by atoms with E-state index in [1.165, 1.54) is 12.8 Å². The van der Waals surface area contributed by atoms with Crippen molar-refractivity contribution in [3.05, 3.63) is 90.1 Å². The zero-order valence-electron chi connectivity index (χ0n) is 15.3. The van der Waals surface area contributed by atoms with E-state index in [1.807, 2.05) is 53.4 Å². The summed E-state index contributed by atoms with van der Waals surface area (Å²) in [6.45, 7) is 0. The molecular formula is C25H18N2O. The number of pyridine rings is 1. The van der Waals surface area contributed by atoms with E-state index in [9.17, 15) is 4.79 Å². The molecule has 28 heavy (non-hydrogen) atoms. The van der Waals surface area contributed by atoms with Crippen LogP contribution in [-0.2, 0) is 0 Å². The first kappa shape index (κ1) is 15.6. The van der Waals surface area contributed by atoms with Crippen molar-refractivity contribution >= 4 is 39.0 Å². The van der Waals surface area contributed by atoms with Gasteiger partial charge in [0.1, 0.15) is 0 Å². The first-order valence-electron chi connectivity index (χ1n) is 9.73. The van der Waals surface area contributed by atoms with E-state index in [1.54, 1.807) is 6.20 Å². The van der Waals surface area contributed by atoms with Gasteiger partial charge in [0.15, 0.2) is 0 Å². The second-order valence-electron chi connectivity index (χ2n) is 7.59. The van der Waals surface area contributed by atoms with Crippen LogP contribution in [0.25, 0.3) is 27.4 Å². The number of hydrogen-bond donors (Lipinski definition) is 0. The first-order valence-corrected chi connectivity index (χ1v) is 9.73. The van der Waals surface area contributed by atoms with Crippen LogP contribution in [0.4, 0.5) is 5.69 Å². The van der Waals surface area contributed by atoms with Gasteiger partial charge in [-0.25, -0.2) is 0 Å². The minimum absolute atomic E-state index is 0.0388. The summed E-state index contributed by atoms with van der Waals surface area (Å²) in [5, 5.41) is 3.15. The van der Waals surface area contributed by atoms with Gasteiger partial charge < -0.3 is 0 Å². The summed E-state index contributed by atoms with van der Waals surface area (Å²) in [6, 6.07) is 22.4. The Morgan fingerprint density at radius 1 is 0.893 bits per heavy atom. The molecule has 1 fully saturated rings. The number of rotatable bonds is 2. The maximum atomic E-state index is 13.7. The van der Waals surface area contributed by atoms with E-state index in [-0.39, 0.29) is 5.91 Å². The lowest BCUT2D eigenvalue weighted by atomic mass is 9.99. The Balaban J connectivity index is 1.65. The summed E-state index contributed by atoms with van der Waals surface area (Å²) >= 11 is 0. The third-order valence-electron chi connectivity index (χ3n) is 5.73. The number of aromatic nitrogens is 1. The van der Waals surface area contributed by atoms with E-state index in [4.69, 9.17) is 0 Å². The Morgan fingerprint density at radius 3 is 2.61 bits per heavy atom. The second kappa shape index (κ2) is 5.77. The summed E-state index contributed by atoms with van der Waals surface area (Å²) < 4.78 is 0. The molecule has 2 aliphatic rings. The zero-order chi connectivity index (χ0) is 18.7. The number of para-hydroxylation sites is 1. The van der Waals surface area contributed by atoms with Crippen molar-refractivity contribution in [3.63, 3.8) is 0 Å². The normalized spacial score (nSPS) is 17.6. The number of nitrogens with zero attached hydrogens (tertiary/aromatic N) is 2. The van der Waals surface area contributed by atoms with Crippen molar-refractivity contribution in [2.24, 2.45) is 5.92 Å². The van der Waals surface area contributed by atoms with Gasteiger partial charge in [0.25, 0.3) is 5.91 Å². The summed E-state index contributed by atoms with van der Waals surface area (Å²) in [6.07, 6.45) is 6.46. The highest BCUT2D eigenvalue weighted by Gasteiger charge is 2.37. The molecule has 1 aromatic heterocycles. The molecule has 6 rings (SSSR count). The van der Waals surface area contributed by atoms with Crippen LogP contribution in [0.3, 0.4) is 0 Å². The van der Waals surface area contributed by atoms with Crippen LogP contribution in [0.1, 0.15) is 28.8 Å². The fourth-order valence-corrected chi connectivity index (χ4v) is 4.22. The Bertz CT molecular complexity index is 1300. The van der Waals surface area contributed by atoms with Crippen molar-refractivity contribution in [2.75, 3.05) is 4.90 Å². The molecule has 3 heteroatoms. The molecular weight excluding hydrogens is 344 g/mol. The lowest BCUT2D eigenvalue weighted by Gasteiger charge is -2.20. The van der Waals surface area contributed by atoms with Gasteiger partial charge >= 0.3 is 0 Å². The van der Waals surface area contributed by atoms with Crippen LogP contribution in [0, 0.1) is 5.92 Å². The lowest BCUT2D eigenvalue weighted by Crippen LogP contribution is -2.23. The standard InChI is InChI=1S/C25H18N2O/c28-25-23-19-8-2-1-5-17(19)12-13-20(23)22(15-16-10-11-16)27(25)21-9-3-6-18-7-4-14-26-24(18)21/h1-9,12-16H,10-11H2/b22-15-. The smallest absolute Gasteiger partial charge is 0.264 e. The number of hydrogen-bond acceptors (Lipinski definition) is 2. The van der Waals surface area contributed by atoms with Crippen LogP contribution in [0.15, 0.2) is 79.0 Å². The SMILES string of the molecule is O=C1c2c(ccc3ccccc23)/C(=C/C2CC2)N1c1cccc2cccnc12. The summed E-state index contributed by atoms with van der Waals surface area (Å²) in [4.78, 5) is 20.2. The minimum Gasteiger partial charge on any atom is -0.274 e. The molecule has 0 saturated heterocycles. The van der Waals surface area contributed by atoms with Crippen molar-refractivity contribution in [1.82, 2.24) is 4.98 Å². The van der Waals surface area contributed by atoms with Gasteiger partial charge in [0.2, 0.25) is 0 Å². The van der Waals surface area contributed by atoms with Gasteiger partial charge in [-0.2, -0.15) is 0 Å². The van der Waals surface area contributed by atoms with Gasteiger partial charge in [0.05, 0.1) is 22.5 Å². The third-order valence-corrected chi connectivity index (χ3v) is 5.73. The van der Waals surface area contributed by atoms with Crippen LogP contribution < -0.4 is 4.90 Å². The topological polar surface area (TPSA) is 33.2 Å². The van der Waals surface area contributed by atoms with Crippen molar-refractivity contribution < 1.29 is 4.79 Å². The largest absolute Gasteiger partial charge is 0.274 e. The molecule has 4 aromatic rings. The first-order chi connectivity index (χ1) is 13.8. The molecule has 3 nitrogen and oxygen atoms in total. The van der Waals surface area contributed by atoms with E-state index in [0.717, 1.165) is 44.2 Å². The predicted molar refractivity (Wildman–Crippen MR) is 113 cm³/mol. The highest BCUT2D eigenvalue weighted by molar-refractivity contribution is 6.28. The van der Waals surface area contributed by atoms with Gasteiger partial charge in [-0.15, -0.1) is 0 Å². The number of benzene rings is 3. The third kappa shape index (κ3) is 2.23. The fourth-order valence-electron chi connectivity index (χ4n) is 4.22. The van der Waals surface area contributed by atoms with E-state index >= 15 is 0 Å². The molecule has 3 aromatic carbocycles. The molecule has 0 radical (unpaired) electrons.